The molecule has 0 atom stereocenters. The zero-order chi connectivity index (χ0) is 22.2. The molecule has 156 valence electrons. The first kappa shape index (κ1) is 20.2. The molecule has 0 bridgehead atoms. The predicted molar refractivity (Wildman–Crippen MR) is 136 cm³/mol. The summed E-state index contributed by atoms with van der Waals surface area (Å²) in [6.45, 7) is 0. The Hall–Kier alpha value is -3.45. The molecule has 3 aromatic carbocycles. The van der Waals surface area contributed by atoms with Crippen molar-refractivity contribution in [3.05, 3.63) is 101 Å². The van der Waals surface area contributed by atoms with Gasteiger partial charge < -0.3 is 0 Å². The number of anilines is 3. The van der Waals surface area contributed by atoms with E-state index in [2.05, 4.69) is 81.6 Å². The minimum atomic E-state index is 0.0650. The first-order valence-electron chi connectivity index (χ1n) is 10.4. The van der Waals surface area contributed by atoms with E-state index in [1.54, 1.807) is 0 Å². The number of hydrogen-bond donors (Lipinski definition) is 0. The maximum absolute atomic E-state index is 9.95. The van der Waals surface area contributed by atoms with E-state index in [1.165, 1.54) is 31.2 Å². The molecule has 3 heterocycles. The second-order valence-corrected chi connectivity index (χ2v) is 12.0. The van der Waals surface area contributed by atoms with Gasteiger partial charge in [-0.1, -0.05) is 0 Å². The van der Waals surface area contributed by atoms with Gasteiger partial charge in [-0.15, -0.1) is 0 Å². The Balaban J connectivity index is 1.44. The second kappa shape index (κ2) is 8.48. The summed E-state index contributed by atoms with van der Waals surface area (Å²) in [5.41, 5.74) is 4.64. The van der Waals surface area contributed by atoms with Crippen molar-refractivity contribution in [3.63, 3.8) is 0 Å². The van der Waals surface area contributed by atoms with Crippen molar-refractivity contribution in [3.8, 4) is 6.07 Å². The van der Waals surface area contributed by atoms with Crippen LogP contribution in [0.1, 0.15) is 10.1 Å². The van der Waals surface area contributed by atoms with Crippen LogP contribution in [0, 0.1) is 11.3 Å². The van der Waals surface area contributed by atoms with Gasteiger partial charge in [0.2, 0.25) is 0 Å². The molecule has 0 spiro atoms. The molecular formula is C27H16N4Se2. The molecule has 0 saturated carbocycles. The number of aromatic nitrogens is 2. The fourth-order valence-corrected chi connectivity index (χ4v) is 8.27. The average molecular weight is 554 g/mol. The van der Waals surface area contributed by atoms with Gasteiger partial charge in [0.15, 0.2) is 0 Å². The molecule has 6 rings (SSSR count). The van der Waals surface area contributed by atoms with Crippen LogP contribution >= 0.6 is 0 Å². The van der Waals surface area contributed by atoms with Crippen LogP contribution in [0.4, 0.5) is 15.9 Å². The summed E-state index contributed by atoms with van der Waals surface area (Å²) in [6.07, 6.45) is 3.52. The summed E-state index contributed by atoms with van der Waals surface area (Å²) in [7, 11) is 0. The number of benzene rings is 3. The molecule has 2 aromatic heterocycles. The van der Waals surface area contributed by atoms with Gasteiger partial charge in [-0.2, -0.15) is 0 Å². The fraction of sp³-hybridized carbons (Fsp3) is 0. The van der Waals surface area contributed by atoms with Crippen LogP contribution in [0.5, 0.6) is 0 Å². The molecule has 0 aliphatic carbocycles. The second-order valence-electron chi connectivity index (χ2n) is 7.46. The number of rotatable bonds is 3. The third-order valence-corrected chi connectivity index (χ3v) is 9.98. The summed E-state index contributed by atoms with van der Waals surface area (Å²) in [5, 5.41) is 10.8. The van der Waals surface area contributed by atoms with Crippen molar-refractivity contribution in [1.82, 2.24) is 9.97 Å². The van der Waals surface area contributed by atoms with Crippen LogP contribution in [0.25, 0.3) is 22.6 Å². The van der Waals surface area contributed by atoms with E-state index >= 15 is 0 Å². The van der Waals surface area contributed by atoms with Crippen LogP contribution in [-0.2, 0) is 0 Å². The Morgan fingerprint density at radius 2 is 1.52 bits per heavy atom. The predicted octanol–water partition coefficient (Wildman–Crippen LogP) is 4.19. The molecule has 0 unspecified atom stereocenters. The summed E-state index contributed by atoms with van der Waals surface area (Å²) in [4.78, 5) is 11.2. The summed E-state index contributed by atoms with van der Waals surface area (Å²) < 4.78 is 5.22. The van der Waals surface area contributed by atoms with E-state index in [0.717, 1.165) is 15.3 Å². The number of nitriles is 1. The van der Waals surface area contributed by atoms with Gasteiger partial charge in [0.25, 0.3) is 0 Å². The topological polar surface area (TPSA) is 52.8 Å². The van der Waals surface area contributed by atoms with Crippen LogP contribution in [0.15, 0.2) is 91.3 Å². The molecule has 1 aliphatic rings. The zero-order valence-electron chi connectivity index (χ0n) is 17.3. The molecule has 5 aromatic rings. The Morgan fingerprint density at radius 3 is 2.27 bits per heavy atom. The molecule has 0 amide bonds. The van der Waals surface area contributed by atoms with E-state index in [-0.39, 0.29) is 14.5 Å². The van der Waals surface area contributed by atoms with E-state index < -0.39 is 0 Å². The molecule has 33 heavy (non-hydrogen) atoms. The van der Waals surface area contributed by atoms with E-state index in [4.69, 9.17) is 0 Å². The SMILES string of the molecule is N#C/C(=C\c1ccc(N2c3ccccc3[Se]c3ccccc32)[se]1)c1ncnc2ccccc12. The zero-order valence-corrected chi connectivity index (χ0v) is 20.8. The van der Waals surface area contributed by atoms with Gasteiger partial charge >= 0.3 is 204 Å². The minimum absolute atomic E-state index is 0.0650. The van der Waals surface area contributed by atoms with Crippen molar-refractivity contribution < 1.29 is 0 Å². The van der Waals surface area contributed by atoms with Gasteiger partial charge in [-0.3, -0.25) is 0 Å². The average Bonchev–Trinajstić information content (AvgIpc) is 3.33. The van der Waals surface area contributed by atoms with Crippen molar-refractivity contribution in [2.24, 2.45) is 0 Å². The molecular weight excluding hydrogens is 538 g/mol. The maximum atomic E-state index is 9.95. The standard InChI is InChI=1S/C27H16N4Se2/c28-16-18(27-20-7-1-2-8-21(20)29-17-30-27)15-19-13-14-26(32-19)31-22-9-3-5-11-24(22)33-25-12-6-4-10-23(25)31/h1-15,17H/b18-15+. The van der Waals surface area contributed by atoms with E-state index in [1.807, 2.05) is 30.3 Å². The van der Waals surface area contributed by atoms with Crippen LogP contribution in [0.3, 0.4) is 0 Å². The normalized spacial score (nSPS) is 12.8. The number of hydrogen-bond acceptors (Lipinski definition) is 4. The molecule has 0 radical (unpaired) electrons. The molecule has 0 saturated heterocycles. The molecule has 0 fully saturated rings. The molecule has 6 heteroatoms. The van der Waals surface area contributed by atoms with E-state index in [0.29, 0.717) is 26.2 Å². The number of para-hydroxylation sites is 3. The Kier molecular flexibility index (Phi) is 5.18. The first-order valence-corrected chi connectivity index (χ1v) is 13.8. The number of allylic oxidation sites excluding steroid dienone is 1. The summed E-state index contributed by atoms with van der Waals surface area (Å²) >= 11 is 0.365. The van der Waals surface area contributed by atoms with Crippen molar-refractivity contribution >= 4 is 76.9 Å². The third-order valence-electron chi connectivity index (χ3n) is 5.47. The molecule has 4 nitrogen and oxygen atoms in total. The fourth-order valence-electron chi connectivity index (χ4n) is 4.00. The Labute approximate surface area is 203 Å². The molecule has 1 aliphatic heterocycles. The quantitative estimate of drug-likeness (QED) is 0.243. The molecule has 0 N–H and O–H groups in total. The van der Waals surface area contributed by atoms with Crippen molar-refractivity contribution in [2.75, 3.05) is 4.90 Å². The van der Waals surface area contributed by atoms with Gasteiger partial charge in [-0.05, 0) is 0 Å². The van der Waals surface area contributed by atoms with Crippen LogP contribution in [0.2, 0.25) is 0 Å². The van der Waals surface area contributed by atoms with Gasteiger partial charge in [0.05, 0.1) is 0 Å². The number of fused-ring (bicyclic) bond motifs is 3. The Bertz CT molecular complexity index is 1530. The Morgan fingerprint density at radius 1 is 0.818 bits per heavy atom. The van der Waals surface area contributed by atoms with Gasteiger partial charge in [-0.25, -0.2) is 0 Å². The monoisotopic (exact) mass is 556 g/mol. The van der Waals surface area contributed by atoms with Crippen LogP contribution in [-0.4, -0.2) is 39.4 Å². The van der Waals surface area contributed by atoms with Crippen LogP contribution < -0.4 is 13.8 Å². The first-order chi connectivity index (χ1) is 16.3. The van der Waals surface area contributed by atoms with Gasteiger partial charge in [0.1, 0.15) is 0 Å². The summed E-state index contributed by atoms with van der Waals surface area (Å²) in [5.74, 6) is 0. The number of nitrogens with zero attached hydrogens (tertiary/aromatic N) is 4. The van der Waals surface area contributed by atoms with Crippen molar-refractivity contribution in [1.29, 1.82) is 5.26 Å². The third kappa shape index (κ3) is 3.62. The van der Waals surface area contributed by atoms with E-state index in [9.17, 15) is 5.26 Å². The van der Waals surface area contributed by atoms with Crippen molar-refractivity contribution in [2.45, 2.75) is 0 Å². The van der Waals surface area contributed by atoms with Gasteiger partial charge in [0, 0.05) is 0 Å². The summed E-state index contributed by atoms with van der Waals surface area (Å²) in [6, 6.07) is 31.9.